The number of amides is 1. The maximum Gasteiger partial charge on any atom is 0.264 e. The van der Waals surface area contributed by atoms with E-state index in [1.807, 2.05) is 0 Å². The second-order valence-electron chi connectivity index (χ2n) is 5.00. The molecule has 26 heavy (non-hydrogen) atoms. The van der Waals surface area contributed by atoms with Crippen molar-refractivity contribution >= 4 is 63.3 Å². The van der Waals surface area contributed by atoms with Gasteiger partial charge in [0.2, 0.25) is 0 Å². The normalized spacial score (nSPS) is 10.4. The number of nitrogens with zero attached hydrogens (tertiary/aromatic N) is 2. The minimum absolute atomic E-state index is 0.0605. The molecule has 0 saturated heterocycles. The molecule has 10 heteroatoms. The van der Waals surface area contributed by atoms with E-state index in [0.717, 1.165) is 11.7 Å². The number of hydrogen-bond donors (Lipinski definition) is 2. The van der Waals surface area contributed by atoms with Gasteiger partial charge in [-0.25, -0.2) is 0 Å². The van der Waals surface area contributed by atoms with Crippen LogP contribution in [0.1, 0.15) is 10.4 Å². The van der Waals surface area contributed by atoms with Gasteiger partial charge < -0.3 is 14.8 Å². The van der Waals surface area contributed by atoms with Crippen molar-refractivity contribution in [1.82, 2.24) is 14.1 Å². The number of nitrogens with one attached hydrogen (secondary N) is 2. The Bertz CT molecular complexity index is 971. The van der Waals surface area contributed by atoms with Crippen LogP contribution in [-0.4, -0.2) is 34.0 Å². The molecule has 0 fully saturated rings. The molecular formula is C16H13ClN4O3S2. The number of rotatable bonds is 4. The fourth-order valence-corrected chi connectivity index (χ4v) is 3.27. The van der Waals surface area contributed by atoms with Crippen molar-refractivity contribution in [3.8, 4) is 11.5 Å². The van der Waals surface area contributed by atoms with Crippen LogP contribution in [0.5, 0.6) is 11.5 Å². The average Bonchev–Trinajstić information content (AvgIpc) is 3.12. The van der Waals surface area contributed by atoms with Crippen molar-refractivity contribution in [3.05, 3.63) is 40.9 Å². The zero-order valence-electron chi connectivity index (χ0n) is 13.7. The Kier molecular flexibility index (Phi) is 5.50. The molecule has 3 aromatic rings. The molecule has 0 unspecified atom stereocenters. The molecule has 0 aliphatic heterocycles. The molecule has 2 aromatic carbocycles. The highest BCUT2D eigenvalue weighted by Crippen LogP contribution is 2.30. The molecule has 3 rings (SSSR count). The third-order valence-electron chi connectivity index (χ3n) is 3.50. The van der Waals surface area contributed by atoms with Crippen LogP contribution in [0.25, 0.3) is 11.0 Å². The van der Waals surface area contributed by atoms with E-state index in [0.29, 0.717) is 33.2 Å². The maximum absolute atomic E-state index is 12.6. The predicted octanol–water partition coefficient (Wildman–Crippen LogP) is 3.49. The van der Waals surface area contributed by atoms with E-state index < -0.39 is 5.91 Å². The minimum atomic E-state index is -0.475. The van der Waals surface area contributed by atoms with Gasteiger partial charge in [-0.1, -0.05) is 17.7 Å². The lowest BCUT2D eigenvalue weighted by Crippen LogP contribution is -2.34. The van der Waals surface area contributed by atoms with Crippen molar-refractivity contribution in [3.63, 3.8) is 0 Å². The minimum Gasteiger partial charge on any atom is -0.496 e. The molecule has 0 atom stereocenters. The van der Waals surface area contributed by atoms with Crippen LogP contribution in [0, 0.1) is 0 Å². The lowest BCUT2D eigenvalue weighted by atomic mass is 10.1. The second-order valence-corrected chi connectivity index (χ2v) is 6.34. The van der Waals surface area contributed by atoms with Crippen molar-refractivity contribution < 1.29 is 14.3 Å². The number of aromatic nitrogens is 2. The van der Waals surface area contributed by atoms with Crippen molar-refractivity contribution in [1.29, 1.82) is 0 Å². The summed E-state index contributed by atoms with van der Waals surface area (Å²) in [7, 11) is 2.94. The third kappa shape index (κ3) is 3.55. The third-order valence-corrected chi connectivity index (χ3v) is 4.56. The van der Waals surface area contributed by atoms with Crippen LogP contribution in [-0.2, 0) is 0 Å². The lowest BCUT2D eigenvalue weighted by molar-refractivity contribution is 0.0971. The van der Waals surface area contributed by atoms with Crippen LogP contribution in [0.4, 0.5) is 5.69 Å². The first-order chi connectivity index (χ1) is 12.5. The van der Waals surface area contributed by atoms with Gasteiger partial charge in [-0.2, -0.15) is 8.75 Å². The number of hydrogen-bond acceptors (Lipinski definition) is 7. The fourth-order valence-electron chi connectivity index (χ4n) is 2.33. The van der Waals surface area contributed by atoms with Gasteiger partial charge in [0.15, 0.2) is 5.11 Å². The summed E-state index contributed by atoms with van der Waals surface area (Å²) in [5, 5.41) is 5.98. The molecule has 1 heterocycles. The molecule has 0 saturated carbocycles. The van der Waals surface area contributed by atoms with Crippen molar-refractivity contribution in [2.75, 3.05) is 19.5 Å². The Balaban J connectivity index is 1.83. The quantitative estimate of drug-likeness (QED) is 0.639. The number of benzene rings is 2. The Morgan fingerprint density at radius 3 is 2.50 bits per heavy atom. The largest absolute Gasteiger partial charge is 0.496 e. The molecule has 1 amide bonds. The molecule has 0 bridgehead atoms. The SMILES string of the molecule is COc1cccc(OC)c1C(=O)NC(=S)Nc1c(Cl)ccc2nsnc12. The van der Waals surface area contributed by atoms with Gasteiger partial charge in [-0.3, -0.25) is 10.1 Å². The van der Waals surface area contributed by atoms with Crippen LogP contribution < -0.4 is 20.1 Å². The molecule has 0 aliphatic rings. The van der Waals surface area contributed by atoms with Gasteiger partial charge in [-0.05, 0) is 36.5 Å². The number of halogens is 1. The summed E-state index contributed by atoms with van der Waals surface area (Å²) < 4.78 is 18.8. The number of carbonyl (C=O) groups is 1. The molecule has 0 spiro atoms. The first kappa shape index (κ1) is 18.3. The molecule has 1 aromatic heterocycles. The van der Waals surface area contributed by atoms with Gasteiger partial charge in [0.1, 0.15) is 28.1 Å². The van der Waals surface area contributed by atoms with E-state index in [1.54, 1.807) is 30.3 Å². The van der Waals surface area contributed by atoms with Crippen LogP contribution in [0.15, 0.2) is 30.3 Å². The molecule has 7 nitrogen and oxygen atoms in total. The van der Waals surface area contributed by atoms with E-state index in [9.17, 15) is 4.79 Å². The second kappa shape index (κ2) is 7.81. The topological polar surface area (TPSA) is 85.4 Å². The fraction of sp³-hybridized carbons (Fsp3) is 0.125. The number of fused-ring (bicyclic) bond motifs is 1. The van der Waals surface area contributed by atoms with Crippen molar-refractivity contribution in [2.24, 2.45) is 0 Å². The summed E-state index contributed by atoms with van der Waals surface area (Å²) in [6.07, 6.45) is 0. The Hall–Kier alpha value is -2.49. The first-order valence-electron chi connectivity index (χ1n) is 7.29. The summed E-state index contributed by atoms with van der Waals surface area (Å²) in [6, 6.07) is 8.48. The highest BCUT2D eigenvalue weighted by Gasteiger charge is 2.20. The first-order valence-corrected chi connectivity index (χ1v) is 8.81. The zero-order chi connectivity index (χ0) is 18.7. The Morgan fingerprint density at radius 1 is 1.15 bits per heavy atom. The number of thiocarbonyl (C=S) groups is 1. The molecule has 134 valence electrons. The number of methoxy groups -OCH3 is 2. The Morgan fingerprint density at radius 2 is 1.85 bits per heavy atom. The summed E-state index contributed by atoms with van der Waals surface area (Å²) in [4.78, 5) is 12.6. The standard InChI is InChI=1S/C16H13ClN4O3S2/c1-23-10-4-3-5-11(24-2)12(10)15(22)19-16(25)18-13-8(17)6-7-9-14(13)21-26-20-9/h3-7H,1-2H3,(H2,18,19,22,25). The zero-order valence-corrected chi connectivity index (χ0v) is 16.1. The monoisotopic (exact) mass is 408 g/mol. The van der Waals surface area contributed by atoms with E-state index in [2.05, 4.69) is 19.4 Å². The number of anilines is 1. The number of ether oxygens (including phenoxy) is 2. The van der Waals surface area contributed by atoms with E-state index in [1.165, 1.54) is 14.2 Å². The van der Waals surface area contributed by atoms with Crippen LogP contribution >= 0.6 is 35.5 Å². The van der Waals surface area contributed by atoms with Gasteiger partial charge in [-0.15, -0.1) is 0 Å². The van der Waals surface area contributed by atoms with Crippen molar-refractivity contribution in [2.45, 2.75) is 0 Å². The highest BCUT2D eigenvalue weighted by molar-refractivity contribution is 7.80. The summed E-state index contributed by atoms with van der Waals surface area (Å²) in [5.41, 5.74) is 1.98. The van der Waals surface area contributed by atoms with Gasteiger partial charge in [0.05, 0.1) is 36.7 Å². The summed E-state index contributed by atoms with van der Waals surface area (Å²) in [5.74, 6) is 0.262. The molecule has 0 aliphatic carbocycles. The maximum atomic E-state index is 12.6. The summed E-state index contributed by atoms with van der Waals surface area (Å²) in [6.45, 7) is 0. The van der Waals surface area contributed by atoms with E-state index in [-0.39, 0.29) is 10.7 Å². The van der Waals surface area contributed by atoms with Crippen LogP contribution in [0.2, 0.25) is 5.02 Å². The van der Waals surface area contributed by atoms with Gasteiger partial charge in [0, 0.05) is 0 Å². The highest BCUT2D eigenvalue weighted by atomic mass is 35.5. The van der Waals surface area contributed by atoms with Crippen LogP contribution in [0.3, 0.4) is 0 Å². The van der Waals surface area contributed by atoms with E-state index in [4.69, 9.17) is 33.3 Å². The Labute approximate surface area is 163 Å². The number of carbonyl (C=O) groups excluding carboxylic acids is 1. The van der Waals surface area contributed by atoms with E-state index >= 15 is 0 Å². The molecule has 0 radical (unpaired) electrons. The lowest BCUT2D eigenvalue weighted by Gasteiger charge is -2.14. The summed E-state index contributed by atoms with van der Waals surface area (Å²) >= 11 is 12.5. The molecular weight excluding hydrogens is 396 g/mol. The smallest absolute Gasteiger partial charge is 0.264 e. The van der Waals surface area contributed by atoms with Gasteiger partial charge in [0.25, 0.3) is 5.91 Å². The molecule has 2 N–H and O–H groups in total. The van der Waals surface area contributed by atoms with Gasteiger partial charge >= 0.3 is 0 Å². The average molecular weight is 409 g/mol. The predicted molar refractivity (Wildman–Crippen MR) is 106 cm³/mol.